The molecule has 0 bridgehead atoms. The van der Waals surface area contributed by atoms with Crippen LogP contribution in [0.1, 0.15) is 18.4 Å². The van der Waals surface area contributed by atoms with Gasteiger partial charge in [-0.1, -0.05) is 23.8 Å². The van der Waals surface area contributed by atoms with Gasteiger partial charge in [-0.15, -0.1) is 0 Å². The Bertz CT molecular complexity index is 862. The number of benzene rings is 1. The van der Waals surface area contributed by atoms with Crippen molar-refractivity contribution in [3.05, 3.63) is 54.2 Å². The van der Waals surface area contributed by atoms with Crippen molar-refractivity contribution < 1.29 is 17.9 Å². The lowest BCUT2D eigenvalue weighted by molar-refractivity contribution is -0.165. The van der Waals surface area contributed by atoms with Crippen LogP contribution in [-0.4, -0.2) is 49.1 Å². The molecule has 3 heterocycles. The molecular formula is C19H22N2O4S. The molecule has 2 aromatic rings. The molecule has 0 aliphatic carbocycles. The van der Waals surface area contributed by atoms with Gasteiger partial charge in [0.1, 0.15) is 6.10 Å². The fraction of sp³-hybridized carbons (Fsp3) is 0.421. The first kappa shape index (κ1) is 17.5. The van der Waals surface area contributed by atoms with Gasteiger partial charge in [0.15, 0.2) is 0 Å². The van der Waals surface area contributed by atoms with Crippen LogP contribution in [0, 0.1) is 6.92 Å². The van der Waals surface area contributed by atoms with Crippen molar-refractivity contribution in [1.29, 1.82) is 0 Å². The molecule has 7 heteroatoms. The van der Waals surface area contributed by atoms with Crippen LogP contribution in [0.4, 0.5) is 0 Å². The minimum absolute atomic E-state index is 0.0112. The van der Waals surface area contributed by atoms with Gasteiger partial charge in [-0.25, -0.2) is 13.4 Å². The summed E-state index contributed by atoms with van der Waals surface area (Å²) in [5.74, 6) is 0.595. The molecule has 0 N–H and O–H groups in total. The Balaban J connectivity index is 1.41. The molecule has 0 unspecified atom stereocenters. The smallest absolute Gasteiger partial charge is 0.243 e. The molecule has 0 radical (unpaired) electrons. The van der Waals surface area contributed by atoms with E-state index in [-0.39, 0.29) is 6.10 Å². The first-order valence-electron chi connectivity index (χ1n) is 8.75. The molecule has 0 amide bonds. The van der Waals surface area contributed by atoms with Crippen molar-refractivity contribution in [3.63, 3.8) is 0 Å². The molecular weight excluding hydrogens is 352 g/mol. The van der Waals surface area contributed by atoms with Gasteiger partial charge in [0.05, 0.1) is 17.1 Å². The van der Waals surface area contributed by atoms with Crippen LogP contribution < -0.4 is 4.74 Å². The monoisotopic (exact) mass is 374 g/mol. The zero-order valence-corrected chi connectivity index (χ0v) is 15.5. The maximum atomic E-state index is 12.8. The number of hydrogen-bond acceptors (Lipinski definition) is 5. The molecule has 2 aliphatic rings. The first-order valence-corrected chi connectivity index (χ1v) is 10.2. The fourth-order valence-corrected chi connectivity index (χ4v) is 5.11. The molecule has 138 valence electrons. The van der Waals surface area contributed by atoms with Gasteiger partial charge in [0, 0.05) is 38.2 Å². The standard InChI is InChI=1S/C19H22N2O4S/c1-15-5-7-17(8-6-15)26(22,23)21-13-19(14-21)12-16(9-11-24-19)25-18-4-2-3-10-20-18/h2-8,10,16H,9,11-14H2,1H3/t16-/m0/s1. The molecule has 2 saturated heterocycles. The zero-order valence-electron chi connectivity index (χ0n) is 14.7. The Kier molecular flexibility index (Phi) is 4.46. The van der Waals surface area contributed by atoms with Gasteiger partial charge in [-0.3, -0.25) is 0 Å². The second-order valence-electron chi connectivity index (χ2n) is 7.02. The topological polar surface area (TPSA) is 68.7 Å². The number of aryl methyl sites for hydroxylation is 1. The molecule has 6 nitrogen and oxygen atoms in total. The van der Waals surface area contributed by atoms with E-state index in [2.05, 4.69) is 4.98 Å². The molecule has 1 aromatic heterocycles. The van der Waals surface area contributed by atoms with E-state index in [1.165, 1.54) is 4.31 Å². The second-order valence-corrected chi connectivity index (χ2v) is 8.96. The minimum atomic E-state index is -3.47. The maximum Gasteiger partial charge on any atom is 0.243 e. The number of pyridine rings is 1. The van der Waals surface area contributed by atoms with Crippen LogP contribution in [0.15, 0.2) is 53.6 Å². The SMILES string of the molecule is Cc1ccc(S(=O)(=O)N2CC3(C[C@@H](Oc4ccccn4)CCO3)C2)cc1. The molecule has 26 heavy (non-hydrogen) atoms. The van der Waals surface area contributed by atoms with E-state index in [9.17, 15) is 8.42 Å². The predicted molar refractivity (Wildman–Crippen MR) is 96.5 cm³/mol. The molecule has 0 saturated carbocycles. The third kappa shape index (κ3) is 3.34. The lowest BCUT2D eigenvalue weighted by atomic mass is 9.86. The third-order valence-electron chi connectivity index (χ3n) is 4.96. The number of sulfonamides is 1. The van der Waals surface area contributed by atoms with E-state index < -0.39 is 15.6 Å². The summed E-state index contributed by atoms with van der Waals surface area (Å²) in [5, 5.41) is 0. The van der Waals surface area contributed by atoms with Gasteiger partial charge in [-0.2, -0.15) is 4.31 Å². The van der Waals surface area contributed by atoms with Crippen LogP contribution >= 0.6 is 0 Å². The Morgan fingerprint density at radius 3 is 2.65 bits per heavy atom. The van der Waals surface area contributed by atoms with Crippen molar-refractivity contribution in [3.8, 4) is 5.88 Å². The zero-order chi connectivity index (χ0) is 18.2. The molecule has 4 rings (SSSR count). The van der Waals surface area contributed by atoms with E-state index in [1.54, 1.807) is 18.3 Å². The van der Waals surface area contributed by atoms with Crippen LogP contribution in [0.5, 0.6) is 5.88 Å². The number of nitrogens with zero attached hydrogens (tertiary/aromatic N) is 2. The third-order valence-corrected chi connectivity index (χ3v) is 6.77. The second kappa shape index (κ2) is 6.64. The quantitative estimate of drug-likeness (QED) is 0.822. The highest BCUT2D eigenvalue weighted by molar-refractivity contribution is 7.89. The summed E-state index contributed by atoms with van der Waals surface area (Å²) in [6.07, 6.45) is 3.14. The van der Waals surface area contributed by atoms with Crippen molar-refractivity contribution >= 4 is 10.0 Å². The van der Waals surface area contributed by atoms with Crippen molar-refractivity contribution in [2.75, 3.05) is 19.7 Å². The highest BCUT2D eigenvalue weighted by Gasteiger charge is 2.52. The summed E-state index contributed by atoms with van der Waals surface area (Å²) < 4.78 is 38.9. The van der Waals surface area contributed by atoms with E-state index in [4.69, 9.17) is 9.47 Å². The van der Waals surface area contributed by atoms with Gasteiger partial charge in [-0.05, 0) is 25.1 Å². The minimum Gasteiger partial charge on any atom is -0.474 e. The molecule has 2 aliphatic heterocycles. The van der Waals surface area contributed by atoms with Gasteiger partial charge >= 0.3 is 0 Å². The van der Waals surface area contributed by atoms with Crippen LogP contribution in [0.25, 0.3) is 0 Å². The van der Waals surface area contributed by atoms with E-state index >= 15 is 0 Å². The average Bonchev–Trinajstić information content (AvgIpc) is 2.61. The number of hydrogen-bond donors (Lipinski definition) is 0. The lowest BCUT2D eigenvalue weighted by Crippen LogP contribution is -2.67. The van der Waals surface area contributed by atoms with Gasteiger partial charge < -0.3 is 9.47 Å². The lowest BCUT2D eigenvalue weighted by Gasteiger charge is -2.51. The first-order chi connectivity index (χ1) is 12.5. The van der Waals surface area contributed by atoms with Crippen molar-refractivity contribution in [2.45, 2.75) is 36.4 Å². The Hall–Kier alpha value is -1.96. The molecule has 1 atom stereocenters. The summed E-state index contributed by atoms with van der Waals surface area (Å²) >= 11 is 0. The normalized spacial score (nSPS) is 22.7. The van der Waals surface area contributed by atoms with E-state index in [1.807, 2.05) is 37.3 Å². The largest absolute Gasteiger partial charge is 0.474 e. The Morgan fingerprint density at radius 2 is 1.96 bits per heavy atom. The van der Waals surface area contributed by atoms with E-state index in [0.29, 0.717) is 36.9 Å². The van der Waals surface area contributed by atoms with E-state index in [0.717, 1.165) is 12.0 Å². The summed E-state index contributed by atoms with van der Waals surface area (Å²) in [7, 11) is -3.47. The number of rotatable bonds is 4. The fourth-order valence-electron chi connectivity index (χ4n) is 3.52. The van der Waals surface area contributed by atoms with Gasteiger partial charge in [0.25, 0.3) is 0 Å². The molecule has 1 spiro atoms. The van der Waals surface area contributed by atoms with Crippen molar-refractivity contribution in [1.82, 2.24) is 9.29 Å². The summed E-state index contributed by atoms with van der Waals surface area (Å²) in [4.78, 5) is 4.52. The molecule has 1 aromatic carbocycles. The maximum absolute atomic E-state index is 12.8. The Morgan fingerprint density at radius 1 is 1.19 bits per heavy atom. The molecule has 2 fully saturated rings. The summed E-state index contributed by atoms with van der Waals surface area (Å²) in [6.45, 7) is 3.24. The van der Waals surface area contributed by atoms with Crippen LogP contribution in [0.2, 0.25) is 0 Å². The number of aromatic nitrogens is 1. The summed E-state index contributed by atoms with van der Waals surface area (Å²) in [6, 6.07) is 12.5. The average molecular weight is 374 g/mol. The number of ether oxygens (including phenoxy) is 2. The van der Waals surface area contributed by atoms with Crippen LogP contribution in [0.3, 0.4) is 0 Å². The Labute approximate surface area is 153 Å². The van der Waals surface area contributed by atoms with Gasteiger partial charge in [0.2, 0.25) is 15.9 Å². The van der Waals surface area contributed by atoms with Crippen molar-refractivity contribution in [2.24, 2.45) is 0 Å². The van der Waals surface area contributed by atoms with Crippen LogP contribution in [-0.2, 0) is 14.8 Å². The summed E-state index contributed by atoms with van der Waals surface area (Å²) in [5.41, 5.74) is 0.587. The highest BCUT2D eigenvalue weighted by atomic mass is 32.2. The highest BCUT2D eigenvalue weighted by Crippen LogP contribution is 2.38. The predicted octanol–water partition coefficient (Wildman–Crippen LogP) is 2.39.